The minimum atomic E-state index is -1.04. The Morgan fingerprint density at radius 1 is 1.06 bits per heavy atom. The van der Waals surface area contributed by atoms with Gasteiger partial charge in [0.25, 0.3) is 0 Å². The second-order valence-corrected chi connectivity index (χ2v) is 4.46. The molecule has 0 aromatic rings. The highest BCUT2D eigenvalue weighted by molar-refractivity contribution is 5.87. The van der Waals surface area contributed by atoms with E-state index in [0.717, 1.165) is 0 Å². The van der Waals surface area contributed by atoms with Crippen LogP contribution < -0.4 is 16.6 Å². The fraction of sp³-hybridized carbons (Fsp3) is 0.800. The highest BCUT2D eigenvalue weighted by Crippen LogP contribution is 2.05. The fourth-order valence-corrected chi connectivity index (χ4v) is 1.33. The van der Waals surface area contributed by atoms with Crippen LogP contribution in [0.25, 0.3) is 0 Å². The van der Waals surface area contributed by atoms with Crippen molar-refractivity contribution in [1.29, 1.82) is 0 Å². The van der Waals surface area contributed by atoms with Crippen molar-refractivity contribution < 1.29 is 14.7 Å². The van der Waals surface area contributed by atoms with Gasteiger partial charge in [-0.1, -0.05) is 27.7 Å². The lowest BCUT2D eigenvalue weighted by molar-refractivity contribution is -0.143. The number of hydrogen-bond acceptors (Lipinski definition) is 4. The monoisotopic (exact) mass is 231 g/mol. The van der Waals surface area contributed by atoms with Gasteiger partial charge in [0.2, 0.25) is 5.91 Å². The van der Waals surface area contributed by atoms with E-state index < -0.39 is 24.0 Å². The van der Waals surface area contributed by atoms with Crippen molar-refractivity contribution in [3.63, 3.8) is 0 Å². The maximum absolute atomic E-state index is 11.7. The molecule has 6 heteroatoms. The van der Waals surface area contributed by atoms with Crippen LogP contribution in [-0.2, 0) is 9.59 Å². The highest BCUT2D eigenvalue weighted by atomic mass is 16.4. The molecular weight excluding hydrogens is 210 g/mol. The molecule has 0 rings (SSSR count). The second-order valence-electron chi connectivity index (χ2n) is 4.46. The van der Waals surface area contributed by atoms with Gasteiger partial charge in [0, 0.05) is 0 Å². The first-order valence-electron chi connectivity index (χ1n) is 5.30. The molecule has 0 aliphatic heterocycles. The van der Waals surface area contributed by atoms with E-state index in [2.05, 4.69) is 10.7 Å². The zero-order valence-corrected chi connectivity index (χ0v) is 10.2. The number of hydrazine groups is 1. The number of amides is 1. The van der Waals surface area contributed by atoms with E-state index >= 15 is 0 Å². The summed E-state index contributed by atoms with van der Waals surface area (Å²) in [6, 6.07) is -1.47. The van der Waals surface area contributed by atoms with Crippen molar-refractivity contribution in [3.05, 3.63) is 0 Å². The van der Waals surface area contributed by atoms with Gasteiger partial charge in [0.05, 0.1) is 0 Å². The SMILES string of the molecule is CC(C)C(NC(=O)C(NN)C(C)C)C(=O)O. The van der Waals surface area contributed by atoms with Crippen LogP contribution in [0.3, 0.4) is 0 Å². The maximum atomic E-state index is 11.7. The standard InChI is InChI=1S/C10H21N3O3/c1-5(2)7(13-11)9(14)12-8(6(3)4)10(15)16/h5-8,13H,11H2,1-4H3,(H,12,14)(H,15,16). The molecule has 0 aliphatic carbocycles. The molecule has 0 aromatic carbocycles. The number of carboxylic acids is 1. The molecule has 2 atom stereocenters. The number of rotatable bonds is 6. The average Bonchev–Trinajstić information content (AvgIpc) is 2.13. The summed E-state index contributed by atoms with van der Waals surface area (Å²) >= 11 is 0. The van der Waals surface area contributed by atoms with Crippen molar-refractivity contribution in [2.45, 2.75) is 39.8 Å². The van der Waals surface area contributed by atoms with Gasteiger partial charge in [-0.3, -0.25) is 10.6 Å². The molecule has 0 aromatic heterocycles. The Kier molecular flexibility index (Phi) is 5.98. The summed E-state index contributed by atoms with van der Waals surface area (Å²) in [5.41, 5.74) is 2.38. The Labute approximate surface area is 95.6 Å². The van der Waals surface area contributed by atoms with E-state index in [4.69, 9.17) is 10.9 Å². The van der Waals surface area contributed by atoms with Gasteiger partial charge >= 0.3 is 5.97 Å². The molecule has 0 radical (unpaired) electrons. The van der Waals surface area contributed by atoms with E-state index in [1.165, 1.54) is 0 Å². The number of aliphatic carboxylic acids is 1. The first kappa shape index (κ1) is 14.9. The van der Waals surface area contributed by atoms with Gasteiger partial charge in [0.1, 0.15) is 12.1 Å². The molecule has 0 heterocycles. The van der Waals surface area contributed by atoms with Crippen LogP contribution in [0.2, 0.25) is 0 Å². The Morgan fingerprint density at radius 3 is 1.75 bits per heavy atom. The number of carbonyl (C=O) groups excluding carboxylic acids is 1. The van der Waals surface area contributed by atoms with E-state index in [1.807, 2.05) is 13.8 Å². The van der Waals surface area contributed by atoms with Crippen LogP contribution in [0.5, 0.6) is 0 Å². The predicted octanol–water partition coefficient (Wildman–Crippen LogP) is -0.300. The van der Waals surface area contributed by atoms with Gasteiger partial charge in [-0.15, -0.1) is 0 Å². The lowest BCUT2D eigenvalue weighted by atomic mass is 10.0. The predicted molar refractivity (Wildman–Crippen MR) is 60.4 cm³/mol. The molecule has 0 saturated heterocycles. The third-order valence-electron chi connectivity index (χ3n) is 2.36. The Bertz CT molecular complexity index is 254. The van der Waals surface area contributed by atoms with Gasteiger partial charge in [0.15, 0.2) is 0 Å². The average molecular weight is 231 g/mol. The first-order chi connectivity index (χ1) is 7.31. The summed E-state index contributed by atoms with van der Waals surface area (Å²) in [6.07, 6.45) is 0. The number of nitrogens with one attached hydrogen (secondary N) is 2. The van der Waals surface area contributed by atoms with Crippen LogP contribution in [-0.4, -0.2) is 29.1 Å². The number of carboxylic acid groups (broad SMARTS) is 1. The van der Waals surface area contributed by atoms with Gasteiger partial charge in [-0.2, -0.15) is 0 Å². The molecular formula is C10H21N3O3. The van der Waals surface area contributed by atoms with Crippen molar-refractivity contribution >= 4 is 11.9 Å². The van der Waals surface area contributed by atoms with E-state index in [-0.39, 0.29) is 11.8 Å². The molecule has 5 N–H and O–H groups in total. The smallest absolute Gasteiger partial charge is 0.326 e. The van der Waals surface area contributed by atoms with E-state index in [1.54, 1.807) is 13.8 Å². The third kappa shape index (κ3) is 4.16. The minimum absolute atomic E-state index is 0.00777. The minimum Gasteiger partial charge on any atom is -0.480 e. The Morgan fingerprint density at radius 2 is 1.50 bits per heavy atom. The summed E-state index contributed by atoms with van der Waals surface area (Å²) < 4.78 is 0. The van der Waals surface area contributed by atoms with Crippen LogP contribution >= 0.6 is 0 Å². The summed E-state index contributed by atoms with van der Waals surface area (Å²) in [4.78, 5) is 22.6. The van der Waals surface area contributed by atoms with Crippen molar-refractivity contribution in [2.24, 2.45) is 17.7 Å². The number of carbonyl (C=O) groups is 2. The van der Waals surface area contributed by atoms with Crippen LogP contribution in [0, 0.1) is 11.8 Å². The van der Waals surface area contributed by atoms with E-state index in [0.29, 0.717) is 0 Å². The Balaban J connectivity index is 4.56. The molecule has 0 aliphatic rings. The second kappa shape index (κ2) is 6.44. The van der Waals surface area contributed by atoms with Gasteiger partial charge < -0.3 is 10.4 Å². The molecule has 6 nitrogen and oxygen atoms in total. The van der Waals surface area contributed by atoms with Gasteiger partial charge in [-0.05, 0) is 11.8 Å². The molecule has 16 heavy (non-hydrogen) atoms. The summed E-state index contributed by atoms with van der Waals surface area (Å²) in [7, 11) is 0. The summed E-state index contributed by atoms with van der Waals surface area (Å²) in [5, 5.41) is 11.4. The van der Waals surface area contributed by atoms with Gasteiger partial charge in [-0.25, -0.2) is 10.2 Å². The lowest BCUT2D eigenvalue weighted by Crippen LogP contribution is -2.55. The van der Waals surface area contributed by atoms with E-state index in [9.17, 15) is 9.59 Å². The van der Waals surface area contributed by atoms with Crippen LogP contribution in [0.4, 0.5) is 0 Å². The fourth-order valence-electron chi connectivity index (χ4n) is 1.33. The molecule has 0 bridgehead atoms. The molecule has 2 unspecified atom stereocenters. The topological polar surface area (TPSA) is 104 Å². The van der Waals surface area contributed by atoms with Crippen molar-refractivity contribution in [2.75, 3.05) is 0 Å². The molecule has 1 amide bonds. The maximum Gasteiger partial charge on any atom is 0.326 e. The zero-order chi connectivity index (χ0) is 12.9. The van der Waals surface area contributed by atoms with Crippen LogP contribution in [0.15, 0.2) is 0 Å². The Hall–Kier alpha value is -1.14. The van der Waals surface area contributed by atoms with Crippen LogP contribution in [0.1, 0.15) is 27.7 Å². The number of hydrogen-bond donors (Lipinski definition) is 4. The summed E-state index contributed by atoms with van der Waals surface area (Å²) in [5.74, 6) is 3.63. The number of nitrogens with two attached hydrogens (primary N) is 1. The quantitative estimate of drug-likeness (QED) is 0.371. The zero-order valence-electron chi connectivity index (χ0n) is 10.2. The normalized spacial score (nSPS) is 14.9. The summed E-state index contributed by atoms with van der Waals surface area (Å²) in [6.45, 7) is 7.13. The third-order valence-corrected chi connectivity index (χ3v) is 2.36. The highest BCUT2D eigenvalue weighted by Gasteiger charge is 2.28. The largest absolute Gasteiger partial charge is 0.480 e. The lowest BCUT2D eigenvalue weighted by Gasteiger charge is -2.23. The molecule has 0 saturated carbocycles. The van der Waals surface area contributed by atoms with Crippen molar-refractivity contribution in [3.8, 4) is 0 Å². The molecule has 0 spiro atoms. The first-order valence-corrected chi connectivity index (χ1v) is 5.30. The molecule has 0 fully saturated rings. The molecule has 94 valence electrons. The van der Waals surface area contributed by atoms with Crippen molar-refractivity contribution in [1.82, 2.24) is 10.7 Å².